The van der Waals surface area contributed by atoms with E-state index < -0.39 is 0 Å². The van der Waals surface area contributed by atoms with Crippen molar-refractivity contribution in [3.8, 4) is 5.75 Å². The summed E-state index contributed by atoms with van der Waals surface area (Å²) in [5.74, 6) is -0.0843. The average molecular weight is 245 g/mol. The molecule has 0 aliphatic rings. The molecular formula is C14H11ClNO. The van der Waals surface area contributed by atoms with Crippen LogP contribution in [0.1, 0.15) is 17.0 Å². The van der Waals surface area contributed by atoms with Gasteiger partial charge in [-0.2, -0.15) is 0 Å². The summed E-state index contributed by atoms with van der Waals surface area (Å²) in [6.07, 6.45) is 3.49. The highest BCUT2D eigenvalue weighted by Crippen LogP contribution is 2.21. The van der Waals surface area contributed by atoms with Gasteiger partial charge in [-0.3, -0.25) is 5.11 Å². The van der Waals surface area contributed by atoms with Gasteiger partial charge in [-0.05, 0) is 36.8 Å². The van der Waals surface area contributed by atoms with Gasteiger partial charge in [0.2, 0.25) is 5.75 Å². The molecule has 0 N–H and O–H groups in total. The Hall–Kier alpha value is -1.80. The van der Waals surface area contributed by atoms with Crippen LogP contribution < -0.4 is 0 Å². The van der Waals surface area contributed by atoms with Crippen LogP contribution in [0.2, 0.25) is 5.02 Å². The van der Waals surface area contributed by atoms with E-state index in [-0.39, 0.29) is 5.75 Å². The van der Waals surface area contributed by atoms with Crippen LogP contribution in [0.3, 0.4) is 0 Å². The van der Waals surface area contributed by atoms with Crippen LogP contribution in [0.25, 0.3) is 12.2 Å². The Labute approximate surface area is 105 Å². The Morgan fingerprint density at radius 2 is 1.88 bits per heavy atom. The first-order valence-electron chi connectivity index (χ1n) is 5.24. The molecule has 1 radical (unpaired) electrons. The maximum Gasteiger partial charge on any atom is 0.204 e. The number of hydrogen-bond acceptors (Lipinski definition) is 1. The Balaban J connectivity index is 2.32. The monoisotopic (exact) mass is 244 g/mol. The lowest BCUT2D eigenvalue weighted by atomic mass is 10.2. The van der Waals surface area contributed by atoms with E-state index in [9.17, 15) is 5.11 Å². The zero-order valence-corrected chi connectivity index (χ0v) is 10.1. The third-order valence-corrected chi connectivity index (χ3v) is 2.70. The number of rotatable bonds is 2. The minimum atomic E-state index is -0.0843. The fourth-order valence-corrected chi connectivity index (χ4v) is 1.66. The van der Waals surface area contributed by atoms with Crippen LogP contribution in [0, 0.1) is 6.92 Å². The highest BCUT2D eigenvalue weighted by Gasteiger charge is 2.01. The third kappa shape index (κ3) is 2.86. The lowest BCUT2D eigenvalue weighted by Crippen LogP contribution is -1.84. The summed E-state index contributed by atoms with van der Waals surface area (Å²) in [4.78, 5) is 4.18. The number of aryl methyl sites for hydroxylation is 1. The van der Waals surface area contributed by atoms with Gasteiger partial charge in [-0.15, -0.1) is 0 Å². The second-order valence-electron chi connectivity index (χ2n) is 3.69. The summed E-state index contributed by atoms with van der Waals surface area (Å²) >= 11 is 6.01. The Morgan fingerprint density at radius 3 is 2.65 bits per heavy atom. The molecule has 2 rings (SSSR count). The number of pyridine rings is 1. The Morgan fingerprint density at radius 1 is 1.12 bits per heavy atom. The predicted molar refractivity (Wildman–Crippen MR) is 69.5 cm³/mol. The SMILES string of the molecule is Cc1ccc([O])c(C=Cc2ccccc2Cl)n1. The minimum absolute atomic E-state index is 0.0843. The fraction of sp³-hybridized carbons (Fsp3) is 0.0714. The van der Waals surface area contributed by atoms with Crippen LogP contribution in [0.4, 0.5) is 0 Å². The zero-order chi connectivity index (χ0) is 12.3. The molecule has 0 aliphatic heterocycles. The van der Waals surface area contributed by atoms with Gasteiger partial charge in [-0.25, -0.2) is 4.98 Å². The van der Waals surface area contributed by atoms with Gasteiger partial charge < -0.3 is 0 Å². The summed E-state index contributed by atoms with van der Waals surface area (Å²) in [5.41, 5.74) is 2.13. The zero-order valence-electron chi connectivity index (χ0n) is 9.35. The van der Waals surface area contributed by atoms with Crippen LogP contribution in [0.15, 0.2) is 36.4 Å². The number of nitrogens with zero attached hydrogens (tertiary/aromatic N) is 1. The van der Waals surface area contributed by atoms with Crippen molar-refractivity contribution in [2.24, 2.45) is 0 Å². The quantitative estimate of drug-likeness (QED) is 0.773. The van der Waals surface area contributed by atoms with Crippen molar-refractivity contribution in [2.75, 3.05) is 0 Å². The van der Waals surface area contributed by atoms with E-state index in [0.29, 0.717) is 10.7 Å². The van der Waals surface area contributed by atoms with Gasteiger partial charge >= 0.3 is 0 Å². The molecule has 2 aromatic rings. The molecule has 1 aromatic heterocycles. The van der Waals surface area contributed by atoms with Crippen LogP contribution in [-0.4, -0.2) is 4.98 Å². The van der Waals surface area contributed by atoms with E-state index in [4.69, 9.17) is 11.6 Å². The molecule has 1 aromatic carbocycles. The molecule has 0 saturated heterocycles. The predicted octanol–water partition coefficient (Wildman–Crippen LogP) is 4.36. The molecule has 17 heavy (non-hydrogen) atoms. The van der Waals surface area contributed by atoms with Crippen molar-refractivity contribution in [3.05, 3.63) is 58.4 Å². The first kappa shape index (κ1) is 11.7. The Bertz CT molecular complexity index is 564. The molecule has 0 fully saturated rings. The van der Waals surface area contributed by atoms with Crippen molar-refractivity contribution < 1.29 is 5.11 Å². The lowest BCUT2D eigenvalue weighted by molar-refractivity contribution is 0.351. The molecule has 0 atom stereocenters. The minimum Gasteiger partial charge on any atom is -0.288 e. The highest BCUT2D eigenvalue weighted by atomic mass is 35.5. The second-order valence-corrected chi connectivity index (χ2v) is 4.10. The van der Waals surface area contributed by atoms with Gasteiger partial charge in [0.1, 0.15) is 5.69 Å². The molecule has 85 valence electrons. The lowest BCUT2D eigenvalue weighted by Gasteiger charge is -1.99. The largest absolute Gasteiger partial charge is 0.288 e. The number of halogens is 1. The van der Waals surface area contributed by atoms with E-state index in [1.54, 1.807) is 18.2 Å². The highest BCUT2D eigenvalue weighted by molar-refractivity contribution is 6.32. The third-order valence-electron chi connectivity index (χ3n) is 2.35. The van der Waals surface area contributed by atoms with E-state index >= 15 is 0 Å². The number of benzene rings is 1. The molecule has 0 unspecified atom stereocenters. The first-order valence-corrected chi connectivity index (χ1v) is 5.62. The first-order chi connectivity index (χ1) is 8.16. The van der Waals surface area contributed by atoms with Gasteiger partial charge in [0.05, 0.1) is 0 Å². The van der Waals surface area contributed by atoms with E-state index in [0.717, 1.165) is 11.3 Å². The summed E-state index contributed by atoms with van der Waals surface area (Å²) in [6, 6.07) is 10.7. The van der Waals surface area contributed by atoms with Gasteiger partial charge in [-0.1, -0.05) is 35.9 Å². The molecule has 0 aliphatic carbocycles. The van der Waals surface area contributed by atoms with Crippen LogP contribution in [-0.2, 0) is 5.11 Å². The summed E-state index contributed by atoms with van der Waals surface area (Å²) in [7, 11) is 0. The second kappa shape index (κ2) is 5.02. The summed E-state index contributed by atoms with van der Waals surface area (Å²) in [5, 5.41) is 12.2. The van der Waals surface area contributed by atoms with E-state index in [1.807, 2.05) is 31.2 Å². The molecule has 2 nitrogen and oxygen atoms in total. The van der Waals surface area contributed by atoms with Crippen molar-refractivity contribution >= 4 is 23.8 Å². The number of hydrogen-bond donors (Lipinski definition) is 0. The molecule has 0 spiro atoms. The van der Waals surface area contributed by atoms with E-state index in [2.05, 4.69) is 4.98 Å². The van der Waals surface area contributed by atoms with Crippen molar-refractivity contribution in [1.82, 2.24) is 4.98 Å². The summed E-state index contributed by atoms with van der Waals surface area (Å²) in [6.45, 7) is 1.85. The van der Waals surface area contributed by atoms with Crippen molar-refractivity contribution in [1.29, 1.82) is 0 Å². The molecular weight excluding hydrogens is 234 g/mol. The smallest absolute Gasteiger partial charge is 0.204 e. The topological polar surface area (TPSA) is 32.8 Å². The van der Waals surface area contributed by atoms with Crippen LogP contribution >= 0.6 is 11.6 Å². The van der Waals surface area contributed by atoms with Crippen molar-refractivity contribution in [3.63, 3.8) is 0 Å². The van der Waals surface area contributed by atoms with Gasteiger partial charge in [0, 0.05) is 10.7 Å². The molecule has 3 heteroatoms. The van der Waals surface area contributed by atoms with Crippen molar-refractivity contribution in [2.45, 2.75) is 6.92 Å². The van der Waals surface area contributed by atoms with Gasteiger partial charge in [0.25, 0.3) is 0 Å². The van der Waals surface area contributed by atoms with Gasteiger partial charge in [0.15, 0.2) is 0 Å². The molecule has 1 heterocycles. The Kier molecular flexibility index (Phi) is 3.45. The molecule has 0 bridgehead atoms. The van der Waals surface area contributed by atoms with Crippen LogP contribution in [0.5, 0.6) is 5.75 Å². The standard InChI is InChI=1S/C14H11ClNO/c1-10-6-9-14(17)13(16-10)8-7-11-4-2-3-5-12(11)15/h2-9H,1H3. The average Bonchev–Trinajstić information content (AvgIpc) is 2.32. The maximum atomic E-state index is 11.5. The summed E-state index contributed by atoms with van der Waals surface area (Å²) < 4.78 is 0. The molecule has 0 amide bonds. The number of aromatic nitrogens is 1. The maximum absolute atomic E-state index is 11.5. The molecule has 0 saturated carbocycles. The van der Waals surface area contributed by atoms with E-state index in [1.165, 1.54) is 6.07 Å². The normalized spacial score (nSPS) is 10.9. The fourth-order valence-electron chi connectivity index (χ4n) is 1.46.